The molecule has 0 aliphatic heterocycles. The van der Waals surface area contributed by atoms with Gasteiger partial charge in [-0.1, -0.05) is 46.8 Å². The van der Waals surface area contributed by atoms with Crippen molar-refractivity contribution >= 4 is 22.3 Å². The Hall–Kier alpha value is -2.62. The summed E-state index contributed by atoms with van der Waals surface area (Å²) in [6.07, 6.45) is 2.56. The number of nitrogens with one attached hydrogen (secondary N) is 1. The predicted octanol–water partition coefficient (Wildman–Crippen LogP) is 5.62. The Labute approximate surface area is 151 Å². The van der Waals surface area contributed by atoms with Gasteiger partial charge in [0.05, 0.1) is 11.0 Å². The molecule has 3 rings (SSSR count). The summed E-state index contributed by atoms with van der Waals surface area (Å²) in [7, 11) is 0. The molecular formula is C21H32N2O2. The summed E-state index contributed by atoms with van der Waals surface area (Å²) in [5, 5.41) is 0. The van der Waals surface area contributed by atoms with E-state index in [1.54, 1.807) is 6.92 Å². The van der Waals surface area contributed by atoms with Crippen LogP contribution in [0.2, 0.25) is 0 Å². The lowest BCUT2D eigenvalue weighted by molar-refractivity contribution is -0.116. The van der Waals surface area contributed by atoms with Crippen LogP contribution >= 0.6 is 0 Å². The van der Waals surface area contributed by atoms with Crippen LogP contribution in [0.5, 0.6) is 0 Å². The van der Waals surface area contributed by atoms with Crippen molar-refractivity contribution in [1.29, 1.82) is 0 Å². The second kappa shape index (κ2) is 14.9. The molecule has 2 aromatic heterocycles. The minimum absolute atomic E-state index is 0.0475. The van der Waals surface area contributed by atoms with E-state index in [0.29, 0.717) is 11.9 Å². The van der Waals surface area contributed by atoms with Gasteiger partial charge < -0.3 is 14.2 Å². The summed E-state index contributed by atoms with van der Waals surface area (Å²) >= 11 is 0. The molecule has 0 unspecified atom stereocenters. The maximum absolute atomic E-state index is 11.6. The summed E-state index contributed by atoms with van der Waals surface area (Å²) in [5.41, 5.74) is 2.52. The van der Waals surface area contributed by atoms with Gasteiger partial charge in [0.25, 0.3) is 5.56 Å². The lowest BCUT2D eigenvalue weighted by atomic mass is 10.3. The monoisotopic (exact) mass is 344 g/mol. The van der Waals surface area contributed by atoms with Crippen LogP contribution in [0.25, 0.3) is 16.6 Å². The number of benzene rings is 1. The molecule has 0 spiro atoms. The number of carbonyl (C=O) groups excluding carboxylic acids is 1. The lowest BCUT2D eigenvalue weighted by Crippen LogP contribution is -2.09. The minimum atomic E-state index is -0.0475. The third-order valence-corrected chi connectivity index (χ3v) is 2.89. The van der Waals surface area contributed by atoms with Gasteiger partial charge in [-0.25, -0.2) is 0 Å². The highest BCUT2D eigenvalue weighted by molar-refractivity contribution is 5.78. The van der Waals surface area contributed by atoms with Crippen LogP contribution in [-0.4, -0.2) is 15.2 Å². The smallest absolute Gasteiger partial charge is 0.272 e. The highest BCUT2D eigenvalue weighted by Crippen LogP contribution is 2.11. The Kier molecular flexibility index (Phi) is 14.7. The van der Waals surface area contributed by atoms with Crippen molar-refractivity contribution in [2.24, 2.45) is 0 Å². The van der Waals surface area contributed by atoms with Crippen LogP contribution < -0.4 is 5.56 Å². The zero-order valence-electron chi connectivity index (χ0n) is 16.4. The first-order valence-electron chi connectivity index (χ1n) is 8.71. The van der Waals surface area contributed by atoms with Gasteiger partial charge in [0.1, 0.15) is 11.3 Å². The number of fused-ring (bicyclic) bond motifs is 3. The number of aromatic amines is 1. The molecule has 0 amide bonds. The number of aromatic nitrogens is 2. The molecule has 0 saturated carbocycles. The maximum atomic E-state index is 11.6. The molecule has 4 nitrogen and oxygen atoms in total. The second-order valence-electron chi connectivity index (χ2n) is 4.29. The normalized spacial score (nSPS) is 8.40. The molecule has 0 radical (unpaired) electrons. The fraction of sp³-hybridized carbons (Fsp3) is 0.333. The van der Waals surface area contributed by atoms with Crippen LogP contribution in [0.3, 0.4) is 0 Å². The van der Waals surface area contributed by atoms with Crippen molar-refractivity contribution in [3.63, 3.8) is 0 Å². The number of rotatable bonds is 1. The summed E-state index contributed by atoms with van der Waals surface area (Å²) in [5.74, 6) is 0.255. The standard InChI is InChI=1S/C11H8N2O.C4H8O.2C2H6.C2H4/c14-11-10-6-3-7-13(10)9-5-2-1-4-8(9)12-11;1-3-4(2)5;3*1-2/h1-7H,(H,12,14);3H2,1-2H3;2*1-2H3;1-2H2. The number of carbonyl (C=O) groups is 1. The Morgan fingerprint density at radius 1 is 1.00 bits per heavy atom. The topological polar surface area (TPSA) is 54.3 Å². The molecule has 0 aliphatic carbocycles. The fourth-order valence-corrected chi connectivity index (χ4v) is 1.75. The van der Waals surface area contributed by atoms with Gasteiger partial charge >= 0.3 is 0 Å². The first-order valence-corrected chi connectivity index (χ1v) is 8.71. The van der Waals surface area contributed by atoms with E-state index in [2.05, 4.69) is 18.1 Å². The van der Waals surface area contributed by atoms with Gasteiger partial charge in [0.15, 0.2) is 0 Å². The highest BCUT2D eigenvalue weighted by atomic mass is 16.1. The zero-order chi connectivity index (χ0) is 19.8. The van der Waals surface area contributed by atoms with E-state index in [0.717, 1.165) is 11.0 Å². The van der Waals surface area contributed by atoms with Gasteiger partial charge in [0, 0.05) is 12.6 Å². The highest BCUT2D eigenvalue weighted by Gasteiger charge is 2.01. The maximum Gasteiger partial charge on any atom is 0.272 e. The molecule has 1 N–H and O–H groups in total. The lowest BCUT2D eigenvalue weighted by Gasteiger charge is -2.00. The fourth-order valence-electron chi connectivity index (χ4n) is 1.75. The van der Waals surface area contributed by atoms with E-state index in [1.165, 1.54) is 0 Å². The minimum Gasteiger partial charge on any atom is -0.319 e. The van der Waals surface area contributed by atoms with Crippen molar-refractivity contribution in [3.05, 3.63) is 66.1 Å². The predicted molar refractivity (Wildman–Crippen MR) is 110 cm³/mol. The third-order valence-electron chi connectivity index (χ3n) is 2.89. The number of para-hydroxylation sites is 2. The van der Waals surface area contributed by atoms with Gasteiger partial charge in [-0.05, 0) is 31.2 Å². The molecule has 0 fully saturated rings. The SMILES string of the molecule is C=C.CC.CC.CCC(C)=O.O=c1[nH]c2ccccc2n2cccc12. The van der Waals surface area contributed by atoms with Gasteiger partial charge in [-0.3, -0.25) is 4.79 Å². The number of ketones is 1. The summed E-state index contributed by atoms with van der Waals surface area (Å²) in [6.45, 7) is 17.4. The number of hydrogen-bond donors (Lipinski definition) is 1. The van der Waals surface area contributed by atoms with E-state index >= 15 is 0 Å². The molecule has 0 bridgehead atoms. The van der Waals surface area contributed by atoms with E-state index in [9.17, 15) is 9.59 Å². The Bertz CT molecular complexity index is 785. The summed E-state index contributed by atoms with van der Waals surface area (Å²) < 4.78 is 1.90. The molecule has 1 aromatic carbocycles. The molecule has 2 heterocycles. The molecule has 3 aromatic rings. The van der Waals surface area contributed by atoms with Crippen molar-refractivity contribution in [3.8, 4) is 0 Å². The number of H-pyrrole nitrogens is 1. The molecule has 138 valence electrons. The largest absolute Gasteiger partial charge is 0.319 e. The van der Waals surface area contributed by atoms with E-state index in [-0.39, 0.29) is 11.3 Å². The Morgan fingerprint density at radius 2 is 1.48 bits per heavy atom. The number of Topliss-reactive ketones (excluding diaryl/α,β-unsaturated/α-hetero) is 1. The van der Waals surface area contributed by atoms with Gasteiger partial charge in [0.2, 0.25) is 0 Å². The number of hydrogen-bond acceptors (Lipinski definition) is 2. The summed E-state index contributed by atoms with van der Waals surface area (Å²) in [6, 6.07) is 11.4. The average Bonchev–Trinajstić information content (AvgIpc) is 3.18. The molecule has 0 aliphatic rings. The Morgan fingerprint density at radius 3 is 2.00 bits per heavy atom. The van der Waals surface area contributed by atoms with Crippen molar-refractivity contribution < 1.29 is 4.79 Å². The van der Waals surface area contributed by atoms with Crippen molar-refractivity contribution in [2.75, 3.05) is 0 Å². The van der Waals surface area contributed by atoms with Crippen molar-refractivity contribution in [2.45, 2.75) is 48.0 Å². The van der Waals surface area contributed by atoms with Crippen molar-refractivity contribution in [1.82, 2.24) is 9.38 Å². The van der Waals surface area contributed by atoms with Crippen LogP contribution in [0.1, 0.15) is 48.0 Å². The zero-order valence-corrected chi connectivity index (χ0v) is 16.4. The van der Waals surface area contributed by atoms with E-state index in [4.69, 9.17) is 0 Å². The molecule has 0 saturated heterocycles. The molecular weight excluding hydrogens is 312 g/mol. The molecule has 0 atom stereocenters. The van der Waals surface area contributed by atoms with E-state index in [1.807, 2.05) is 81.6 Å². The first kappa shape index (κ1) is 24.6. The average molecular weight is 344 g/mol. The number of nitrogens with zero attached hydrogens (tertiary/aromatic N) is 1. The third kappa shape index (κ3) is 7.66. The van der Waals surface area contributed by atoms with Crippen LogP contribution in [0.15, 0.2) is 60.5 Å². The molecule has 4 heteroatoms. The van der Waals surface area contributed by atoms with Crippen LogP contribution in [0, 0.1) is 0 Å². The Balaban J connectivity index is 0. The molecule has 25 heavy (non-hydrogen) atoms. The first-order chi connectivity index (χ1) is 12.1. The summed E-state index contributed by atoms with van der Waals surface area (Å²) in [4.78, 5) is 24.2. The van der Waals surface area contributed by atoms with Gasteiger partial charge in [-0.2, -0.15) is 0 Å². The van der Waals surface area contributed by atoms with Crippen LogP contribution in [-0.2, 0) is 4.79 Å². The van der Waals surface area contributed by atoms with Gasteiger partial charge in [-0.15, -0.1) is 13.2 Å². The van der Waals surface area contributed by atoms with Crippen LogP contribution in [0.4, 0.5) is 0 Å². The quantitative estimate of drug-likeness (QED) is 0.582. The second-order valence-corrected chi connectivity index (χ2v) is 4.29. The van der Waals surface area contributed by atoms with E-state index < -0.39 is 0 Å².